The Morgan fingerprint density at radius 1 is 0.522 bits per heavy atom. The molecule has 0 radical (unpaired) electrons. The Hall–Kier alpha value is -3.70. The number of methoxy groups -OCH3 is 2. The zero-order valence-corrected chi connectivity index (χ0v) is 41.8. The standard InChI is InChI=1S/C20H32F6N2O6.C17H31BrN2O5.C3H2F6O/c1-17(2,3)34-16(31)27-10-8-7-9-12(28-15(30)18(4,5)32-6)13(29)11-33-14(19(21,22)23)20(24,25)26;1-16(2,3)25-15(23)19-10-8-7-9-12(13(21)11-18)20-14(22)17(4,5)24-6;4-2(5,6)1(10)3(7,8)9/h12,14H,7-11H2,1-6H3,(H,27,31)(H,28,30);12H,7-11H2,1-6H3,(H,19,23)(H,20,22);1,10H/t2*12-;/m00./s1. The van der Waals surface area contributed by atoms with Gasteiger partial charge in [0.1, 0.15) is 29.0 Å². The molecule has 0 heterocycles. The van der Waals surface area contributed by atoms with Crippen molar-refractivity contribution in [1.82, 2.24) is 21.3 Å². The van der Waals surface area contributed by atoms with E-state index in [-0.39, 0.29) is 42.8 Å². The molecular weight excluding hydrogens is 1040 g/mol. The zero-order valence-electron chi connectivity index (χ0n) is 40.2. The van der Waals surface area contributed by atoms with Crippen molar-refractivity contribution in [1.29, 1.82) is 0 Å². The first-order chi connectivity index (χ1) is 30.8. The lowest BCUT2D eigenvalue weighted by Gasteiger charge is -2.27. The van der Waals surface area contributed by atoms with Gasteiger partial charge >= 0.3 is 36.9 Å². The minimum Gasteiger partial charge on any atom is -0.444 e. The lowest BCUT2D eigenvalue weighted by Crippen LogP contribution is -2.52. The lowest BCUT2D eigenvalue weighted by molar-refractivity contribution is -0.319. The molecule has 408 valence electrons. The van der Waals surface area contributed by atoms with Crippen LogP contribution >= 0.6 is 15.9 Å². The molecule has 0 aliphatic carbocycles. The summed E-state index contributed by atoms with van der Waals surface area (Å²) in [6, 6.07) is -2.02. The van der Waals surface area contributed by atoms with Crippen LogP contribution in [0.1, 0.15) is 108 Å². The van der Waals surface area contributed by atoms with Gasteiger partial charge in [-0.25, -0.2) is 9.59 Å². The van der Waals surface area contributed by atoms with Gasteiger partial charge in [0.2, 0.25) is 12.2 Å². The molecule has 0 aliphatic heterocycles. The maximum Gasteiger partial charge on any atom is 0.423 e. The molecule has 69 heavy (non-hydrogen) atoms. The molecule has 29 heteroatoms. The summed E-state index contributed by atoms with van der Waals surface area (Å²) < 4.78 is 166. The van der Waals surface area contributed by atoms with Crippen LogP contribution in [0.3, 0.4) is 0 Å². The van der Waals surface area contributed by atoms with E-state index in [1.54, 1.807) is 55.4 Å². The fourth-order valence-electron chi connectivity index (χ4n) is 4.35. The van der Waals surface area contributed by atoms with Gasteiger partial charge in [0.05, 0.1) is 17.4 Å². The molecule has 0 aromatic carbocycles. The number of Topliss-reactive ketones (excluding diaryl/α,β-unsaturated/α-hetero) is 2. The first kappa shape index (κ1) is 69.6. The van der Waals surface area contributed by atoms with Crippen LogP contribution in [0.25, 0.3) is 0 Å². The highest BCUT2D eigenvalue weighted by molar-refractivity contribution is 9.09. The number of carbonyl (C=O) groups excluding carboxylic acids is 6. The van der Waals surface area contributed by atoms with Gasteiger partial charge in [-0.05, 0) is 108 Å². The molecule has 2 atom stereocenters. The van der Waals surface area contributed by atoms with E-state index in [0.717, 1.165) is 0 Å². The van der Waals surface area contributed by atoms with Gasteiger partial charge in [-0.3, -0.25) is 19.2 Å². The Balaban J connectivity index is -0.00000108. The van der Waals surface area contributed by atoms with Crippen LogP contribution in [-0.4, -0.2) is 151 Å². The Kier molecular flexibility index (Phi) is 29.8. The fourth-order valence-corrected chi connectivity index (χ4v) is 4.74. The topological polar surface area (TPSA) is 217 Å². The van der Waals surface area contributed by atoms with Gasteiger partial charge in [-0.15, -0.1) is 0 Å². The number of hydrogen-bond acceptors (Lipinski definition) is 12. The summed E-state index contributed by atoms with van der Waals surface area (Å²) >= 11 is 3.14. The molecule has 0 saturated carbocycles. The summed E-state index contributed by atoms with van der Waals surface area (Å²) in [6.45, 7) is 15.4. The van der Waals surface area contributed by atoms with E-state index in [2.05, 4.69) is 41.9 Å². The van der Waals surface area contributed by atoms with E-state index < -0.39 is 102 Å². The van der Waals surface area contributed by atoms with Crippen LogP contribution in [0.5, 0.6) is 0 Å². The van der Waals surface area contributed by atoms with Crippen molar-refractivity contribution in [3.05, 3.63) is 0 Å². The average molecular weight is 1100 g/mol. The third-order valence-corrected chi connectivity index (χ3v) is 8.97. The molecule has 0 aromatic heterocycles. The maximum absolute atomic E-state index is 12.6. The van der Waals surface area contributed by atoms with Crippen LogP contribution in [0.4, 0.5) is 62.3 Å². The van der Waals surface area contributed by atoms with Crippen molar-refractivity contribution >= 4 is 51.5 Å². The quantitative estimate of drug-likeness (QED) is 0.0401. The van der Waals surface area contributed by atoms with Crippen LogP contribution < -0.4 is 21.3 Å². The second-order valence-corrected chi connectivity index (χ2v) is 18.2. The molecule has 4 amide bonds. The maximum atomic E-state index is 12.6. The lowest BCUT2D eigenvalue weighted by atomic mass is 10.0. The average Bonchev–Trinajstić information content (AvgIpc) is 3.16. The molecular formula is C40H65BrF12N4O12. The highest BCUT2D eigenvalue weighted by atomic mass is 79.9. The molecule has 0 aliphatic rings. The van der Waals surface area contributed by atoms with E-state index in [4.69, 9.17) is 24.1 Å². The molecule has 5 N–H and O–H groups in total. The number of alkyl halides is 13. The number of aliphatic hydroxyl groups is 1. The van der Waals surface area contributed by atoms with Crippen molar-refractivity contribution in [3.8, 4) is 0 Å². The highest BCUT2D eigenvalue weighted by Gasteiger charge is 2.58. The van der Waals surface area contributed by atoms with Crippen molar-refractivity contribution in [3.63, 3.8) is 0 Å². The highest BCUT2D eigenvalue weighted by Crippen LogP contribution is 2.36. The largest absolute Gasteiger partial charge is 0.444 e. The summed E-state index contributed by atoms with van der Waals surface area (Å²) in [5, 5.41) is 17.8. The van der Waals surface area contributed by atoms with Gasteiger partial charge in [-0.1, -0.05) is 15.9 Å². The first-order valence-corrected chi connectivity index (χ1v) is 21.7. The van der Waals surface area contributed by atoms with Gasteiger partial charge in [0, 0.05) is 27.3 Å². The molecule has 0 fully saturated rings. The normalized spacial score (nSPS) is 13.7. The van der Waals surface area contributed by atoms with Crippen molar-refractivity contribution in [2.45, 2.75) is 179 Å². The monoisotopic (exact) mass is 1100 g/mol. The van der Waals surface area contributed by atoms with Gasteiger partial charge < -0.3 is 50.1 Å². The molecule has 16 nitrogen and oxygen atoms in total. The Morgan fingerprint density at radius 3 is 1.09 bits per heavy atom. The third-order valence-electron chi connectivity index (χ3n) is 8.42. The summed E-state index contributed by atoms with van der Waals surface area (Å²) in [5.74, 6) is -2.41. The SMILES string of the molecule is COC(C)(C)C(=O)N[C@@H](CCCCNC(=O)OC(C)(C)C)C(=O)CBr.COC(C)(C)C(=O)N[C@@H](CCCCNC(=O)OC(C)(C)C)C(=O)COC(C(F)(F)F)C(F)(F)F.OC(C(F)(F)F)C(F)(F)F. The molecule has 0 rings (SSSR count). The van der Waals surface area contributed by atoms with Crippen LogP contribution in [0.15, 0.2) is 0 Å². The van der Waals surface area contributed by atoms with Gasteiger partial charge in [0.15, 0.2) is 11.6 Å². The molecule has 0 bridgehead atoms. The number of rotatable bonds is 22. The first-order valence-electron chi connectivity index (χ1n) is 20.6. The number of nitrogens with one attached hydrogen (secondary N) is 4. The van der Waals surface area contributed by atoms with Gasteiger partial charge in [0.25, 0.3) is 11.8 Å². The van der Waals surface area contributed by atoms with Crippen LogP contribution in [-0.2, 0) is 42.9 Å². The van der Waals surface area contributed by atoms with Crippen LogP contribution in [0.2, 0.25) is 0 Å². The van der Waals surface area contributed by atoms with Crippen molar-refractivity contribution < 1.29 is 110 Å². The summed E-state index contributed by atoms with van der Waals surface area (Å²) in [7, 11) is 2.66. The summed E-state index contributed by atoms with van der Waals surface area (Å²) in [4.78, 5) is 72.0. The number of amides is 4. The summed E-state index contributed by atoms with van der Waals surface area (Å²) in [6.07, 6.45) is -30.2. The third kappa shape index (κ3) is 32.7. The van der Waals surface area contributed by atoms with Gasteiger partial charge in [-0.2, -0.15) is 52.7 Å². The van der Waals surface area contributed by atoms with E-state index in [0.29, 0.717) is 25.8 Å². The minimum absolute atomic E-state index is 0.0969. The Morgan fingerprint density at radius 2 is 0.841 bits per heavy atom. The van der Waals surface area contributed by atoms with E-state index in [1.165, 1.54) is 28.1 Å². The smallest absolute Gasteiger partial charge is 0.423 e. The second kappa shape index (κ2) is 29.6. The zero-order chi connectivity index (χ0) is 55.2. The molecule has 0 aromatic rings. The van der Waals surface area contributed by atoms with Crippen LogP contribution in [0, 0.1) is 0 Å². The predicted octanol–water partition coefficient (Wildman–Crippen LogP) is 7.70. The number of halogens is 13. The second-order valence-electron chi connectivity index (χ2n) is 17.7. The van der Waals surface area contributed by atoms with Crippen molar-refractivity contribution in [2.24, 2.45) is 0 Å². The fraction of sp³-hybridized carbons (Fsp3) is 0.850. The van der Waals surface area contributed by atoms with E-state index in [9.17, 15) is 81.5 Å². The van der Waals surface area contributed by atoms with E-state index in [1.807, 2.05) is 0 Å². The van der Waals surface area contributed by atoms with Crippen molar-refractivity contribution in [2.75, 3.05) is 39.2 Å². The predicted molar refractivity (Wildman–Crippen MR) is 226 cm³/mol. The minimum atomic E-state index is -5.78. The number of ketones is 2. The number of carbonyl (C=O) groups is 6. The van der Waals surface area contributed by atoms with E-state index >= 15 is 0 Å². The Labute approximate surface area is 400 Å². The molecule has 0 unspecified atom stereocenters. The number of aliphatic hydroxyl groups excluding tert-OH is 1. The number of unbranched alkanes of at least 4 members (excludes halogenated alkanes) is 2. The molecule has 0 saturated heterocycles. The number of ether oxygens (including phenoxy) is 5. The molecule has 0 spiro atoms. The number of hydrogen-bond donors (Lipinski definition) is 5. The number of alkyl carbamates (subject to hydrolysis) is 2. The Bertz CT molecular complexity index is 1570. The summed E-state index contributed by atoms with van der Waals surface area (Å²) in [5.41, 5.74) is -3.66.